The van der Waals surface area contributed by atoms with E-state index in [1.54, 1.807) is 19.1 Å². The number of primary sulfonamides is 1. The lowest BCUT2D eigenvalue weighted by molar-refractivity contribution is 0.598. The van der Waals surface area contributed by atoms with Gasteiger partial charge in [0.15, 0.2) is 0 Å². The maximum absolute atomic E-state index is 13.5. The lowest BCUT2D eigenvalue weighted by atomic mass is 9.96. The predicted octanol–water partition coefficient (Wildman–Crippen LogP) is 3.88. The second-order valence-corrected chi connectivity index (χ2v) is 7.41. The van der Waals surface area contributed by atoms with Gasteiger partial charge < -0.3 is 0 Å². The summed E-state index contributed by atoms with van der Waals surface area (Å²) in [5.41, 5.74) is 5.05. The van der Waals surface area contributed by atoms with Crippen molar-refractivity contribution in [1.29, 1.82) is 0 Å². The molecule has 0 fully saturated rings. The zero-order valence-electron chi connectivity index (χ0n) is 12.8. The molecule has 120 valence electrons. The minimum absolute atomic E-state index is 0.110. The number of halogens is 1. The molecule has 0 unspecified atom stereocenters. The topological polar surface area (TPSA) is 60.2 Å². The SMILES string of the molecule is Cc1cc(C2=C(c3ccc(S(N)(=O)=O)cc3)CCC2)ccc1F. The molecule has 0 bridgehead atoms. The summed E-state index contributed by atoms with van der Waals surface area (Å²) in [7, 11) is -3.68. The average molecular weight is 331 g/mol. The number of aryl methyl sites for hydroxylation is 1. The summed E-state index contributed by atoms with van der Waals surface area (Å²) >= 11 is 0. The van der Waals surface area contributed by atoms with E-state index < -0.39 is 10.0 Å². The number of benzene rings is 2. The number of rotatable bonds is 3. The van der Waals surface area contributed by atoms with Crippen LogP contribution in [-0.2, 0) is 10.0 Å². The van der Waals surface area contributed by atoms with Crippen molar-refractivity contribution in [1.82, 2.24) is 0 Å². The first-order valence-electron chi connectivity index (χ1n) is 7.48. The van der Waals surface area contributed by atoms with Gasteiger partial charge in [0.05, 0.1) is 4.90 Å². The fourth-order valence-corrected chi connectivity index (χ4v) is 3.57. The third-order valence-electron chi connectivity index (χ3n) is 4.26. The van der Waals surface area contributed by atoms with Gasteiger partial charge in [0.2, 0.25) is 10.0 Å². The number of sulfonamides is 1. The Morgan fingerprint density at radius 3 is 2.09 bits per heavy atom. The van der Waals surface area contributed by atoms with Gasteiger partial charge in [-0.3, -0.25) is 0 Å². The zero-order valence-corrected chi connectivity index (χ0v) is 13.7. The Bertz CT molecular complexity index is 884. The standard InChI is InChI=1S/C18H18FNO2S/c1-12-11-14(7-10-18(12)19)17-4-2-3-16(17)13-5-8-15(9-6-13)23(20,21)22/h5-11H,2-4H2,1H3,(H2,20,21,22). The number of hydrogen-bond donors (Lipinski definition) is 1. The van der Waals surface area contributed by atoms with Gasteiger partial charge in [0.1, 0.15) is 5.82 Å². The van der Waals surface area contributed by atoms with E-state index in [9.17, 15) is 12.8 Å². The van der Waals surface area contributed by atoms with Crippen LogP contribution in [0.4, 0.5) is 4.39 Å². The Balaban J connectivity index is 2.04. The van der Waals surface area contributed by atoms with Crippen molar-refractivity contribution in [2.45, 2.75) is 31.1 Å². The number of allylic oxidation sites excluding steroid dienone is 2. The summed E-state index contributed by atoms with van der Waals surface area (Å²) in [5, 5.41) is 5.13. The molecule has 0 radical (unpaired) electrons. The summed E-state index contributed by atoms with van der Waals surface area (Å²) in [4.78, 5) is 0.110. The molecule has 0 heterocycles. The summed E-state index contributed by atoms with van der Waals surface area (Å²) in [5.74, 6) is -0.202. The molecule has 0 saturated heterocycles. The van der Waals surface area contributed by atoms with Gasteiger partial charge in [0.25, 0.3) is 0 Å². The highest BCUT2D eigenvalue weighted by Gasteiger charge is 2.19. The Morgan fingerprint density at radius 2 is 1.52 bits per heavy atom. The average Bonchev–Trinajstić information content (AvgIpc) is 2.99. The second-order valence-electron chi connectivity index (χ2n) is 5.84. The maximum atomic E-state index is 13.5. The van der Waals surface area contributed by atoms with Crippen molar-refractivity contribution < 1.29 is 12.8 Å². The first-order chi connectivity index (χ1) is 10.9. The molecule has 0 aromatic heterocycles. The highest BCUT2D eigenvalue weighted by molar-refractivity contribution is 7.89. The van der Waals surface area contributed by atoms with Crippen molar-refractivity contribution in [3.63, 3.8) is 0 Å². The van der Waals surface area contributed by atoms with Crippen LogP contribution in [0.3, 0.4) is 0 Å². The number of nitrogens with two attached hydrogens (primary N) is 1. The molecule has 23 heavy (non-hydrogen) atoms. The minimum Gasteiger partial charge on any atom is -0.225 e. The molecule has 0 amide bonds. The van der Waals surface area contributed by atoms with Crippen molar-refractivity contribution in [2.75, 3.05) is 0 Å². The van der Waals surface area contributed by atoms with Gasteiger partial charge in [-0.05, 0) is 78.3 Å². The van der Waals surface area contributed by atoms with Crippen LogP contribution >= 0.6 is 0 Å². The van der Waals surface area contributed by atoms with Crippen molar-refractivity contribution >= 4 is 21.2 Å². The third-order valence-corrected chi connectivity index (χ3v) is 5.18. The van der Waals surface area contributed by atoms with Crippen LogP contribution in [0.1, 0.15) is 36.0 Å². The summed E-state index contributed by atoms with van der Waals surface area (Å²) in [6.07, 6.45) is 2.91. The molecule has 0 spiro atoms. The molecule has 0 atom stereocenters. The lowest BCUT2D eigenvalue weighted by Crippen LogP contribution is -2.11. The van der Waals surface area contributed by atoms with Gasteiger partial charge in [-0.1, -0.05) is 18.2 Å². The molecule has 2 aromatic rings. The molecule has 1 aliphatic carbocycles. The first-order valence-corrected chi connectivity index (χ1v) is 9.02. The van der Waals surface area contributed by atoms with Crippen LogP contribution in [0.5, 0.6) is 0 Å². The number of hydrogen-bond acceptors (Lipinski definition) is 2. The van der Waals surface area contributed by atoms with E-state index in [2.05, 4.69) is 0 Å². The van der Waals surface area contributed by atoms with E-state index in [-0.39, 0.29) is 10.7 Å². The van der Waals surface area contributed by atoms with Crippen molar-refractivity contribution in [2.24, 2.45) is 5.14 Å². The highest BCUT2D eigenvalue weighted by Crippen LogP contribution is 2.40. The van der Waals surface area contributed by atoms with Crippen LogP contribution in [0, 0.1) is 12.7 Å². The van der Waals surface area contributed by atoms with Crippen LogP contribution < -0.4 is 5.14 Å². The summed E-state index contributed by atoms with van der Waals surface area (Å²) in [6, 6.07) is 11.8. The van der Waals surface area contributed by atoms with Gasteiger partial charge in [-0.2, -0.15) is 0 Å². The molecule has 0 saturated carbocycles. The van der Waals surface area contributed by atoms with E-state index in [1.807, 2.05) is 12.1 Å². The van der Waals surface area contributed by atoms with Crippen molar-refractivity contribution in [3.05, 3.63) is 65.0 Å². The highest BCUT2D eigenvalue weighted by atomic mass is 32.2. The van der Waals surface area contributed by atoms with Crippen LogP contribution in [0.2, 0.25) is 0 Å². The maximum Gasteiger partial charge on any atom is 0.238 e. The zero-order chi connectivity index (χ0) is 16.6. The Morgan fingerprint density at radius 1 is 0.957 bits per heavy atom. The monoisotopic (exact) mass is 331 g/mol. The Labute approximate surface area is 135 Å². The van der Waals surface area contributed by atoms with Gasteiger partial charge in [0, 0.05) is 0 Å². The molecule has 5 heteroatoms. The molecular weight excluding hydrogens is 313 g/mol. The summed E-state index contributed by atoms with van der Waals surface area (Å²) < 4.78 is 36.2. The Kier molecular flexibility index (Phi) is 4.08. The van der Waals surface area contributed by atoms with Gasteiger partial charge in [-0.15, -0.1) is 0 Å². The van der Waals surface area contributed by atoms with Crippen LogP contribution in [0.25, 0.3) is 11.1 Å². The largest absolute Gasteiger partial charge is 0.238 e. The third kappa shape index (κ3) is 3.21. The minimum atomic E-state index is -3.68. The lowest BCUT2D eigenvalue weighted by Gasteiger charge is -2.10. The normalized spacial score (nSPS) is 15.3. The van der Waals surface area contributed by atoms with Crippen LogP contribution in [0.15, 0.2) is 47.4 Å². The Hall–Kier alpha value is -1.98. The molecule has 2 aromatic carbocycles. The van der Waals surface area contributed by atoms with Crippen molar-refractivity contribution in [3.8, 4) is 0 Å². The van der Waals surface area contributed by atoms with E-state index in [0.29, 0.717) is 5.56 Å². The first kappa shape index (κ1) is 15.9. The fraction of sp³-hybridized carbons (Fsp3) is 0.222. The molecular formula is C18H18FNO2S. The van der Waals surface area contributed by atoms with Crippen LogP contribution in [-0.4, -0.2) is 8.42 Å². The molecule has 2 N–H and O–H groups in total. The van der Waals surface area contributed by atoms with E-state index >= 15 is 0 Å². The molecule has 3 rings (SSSR count). The van der Waals surface area contributed by atoms with E-state index in [1.165, 1.54) is 29.3 Å². The molecule has 3 nitrogen and oxygen atoms in total. The molecule has 1 aliphatic rings. The van der Waals surface area contributed by atoms with Gasteiger partial charge >= 0.3 is 0 Å². The van der Waals surface area contributed by atoms with E-state index in [4.69, 9.17) is 5.14 Å². The van der Waals surface area contributed by atoms with Gasteiger partial charge in [-0.25, -0.2) is 17.9 Å². The quantitative estimate of drug-likeness (QED) is 0.928. The smallest absolute Gasteiger partial charge is 0.225 e. The fourth-order valence-electron chi connectivity index (χ4n) is 3.06. The van der Waals surface area contributed by atoms with E-state index in [0.717, 1.165) is 30.4 Å². The molecule has 0 aliphatic heterocycles. The second kappa shape index (κ2) is 5.91. The predicted molar refractivity (Wildman–Crippen MR) is 89.6 cm³/mol. The summed E-state index contributed by atoms with van der Waals surface area (Å²) in [6.45, 7) is 1.76.